The van der Waals surface area contributed by atoms with Gasteiger partial charge in [0.15, 0.2) is 0 Å². The Morgan fingerprint density at radius 1 is 0.926 bits per heavy atom. The number of sulfonamides is 1. The Labute approximate surface area is 161 Å². The van der Waals surface area contributed by atoms with E-state index in [1.54, 1.807) is 16.4 Å². The van der Waals surface area contributed by atoms with Gasteiger partial charge in [-0.15, -0.1) is 0 Å². The van der Waals surface area contributed by atoms with Crippen molar-refractivity contribution in [2.45, 2.75) is 43.4 Å². The lowest BCUT2D eigenvalue weighted by Crippen LogP contribution is -2.41. The van der Waals surface area contributed by atoms with Crippen molar-refractivity contribution in [3.05, 3.63) is 18.3 Å². The molecule has 0 spiro atoms. The monoisotopic (exact) mass is 392 g/mol. The maximum atomic E-state index is 12.6. The molecule has 0 aromatic carbocycles. The summed E-state index contributed by atoms with van der Waals surface area (Å²) in [5.74, 6) is 1.23. The highest BCUT2D eigenvalue weighted by molar-refractivity contribution is 7.89. The lowest BCUT2D eigenvalue weighted by molar-refractivity contribution is -0.135. The molecule has 4 heterocycles. The first kappa shape index (κ1) is 18.7. The summed E-state index contributed by atoms with van der Waals surface area (Å²) < 4.78 is 26.7. The molecule has 8 heteroatoms. The molecule has 0 aliphatic carbocycles. The average molecular weight is 393 g/mol. The van der Waals surface area contributed by atoms with E-state index in [-0.39, 0.29) is 10.8 Å². The molecule has 1 amide bonds. The van der Waals surface area contributed by atoms with E-state index in [0.717, 1.165) is 70.5 Å². The Balaban J connectivity index is 1.37. The van der Waals surface area contributed by atoms with Crippen LogP contribution in [0.15, 0.2) is 23.2 Å². The lowest BCUT2D eigenvalue weighted by Gasteiger charge is -2.33. The molecule has 0 unspecified atom stereocenters. The number of hydrogen-bond donors (Lipinski definition) is 0. The molecule has 0 bridgehead atoms. The molecule has 3 aliphatic heterocycles. The molecule has 3 saturated heterocycles. The van der Waals surface area contributed by atoms with E-state index in [9.17, 15) is 13.2 Å². The summed E-state index contributed by atoms with van der Waals surface area (Å²) in [4.78, 5) is 21.4. The third-order valence-corrected chi connectivity index (χ3v) is 7.89. The van der Waals surface area contributed by atoms with Crippen LogP contribution in [-0.2, 0) is 14.8 Å². The van der Waals surface area contributed by atoms with Gasteiger partial charge in [0.2, 0.25) is 15.9 Å². The molecule has 0 saturated carbocycles. The zero-order valence-electron chi connectivity index (χ0n) is 15.7. The van der Waals surface area contributed by atoms with E-state index < -0.39 is 10.0 Å². The highest BCUT2D eigenvalue weighted by Gasteiger charge is 2.31. The second-order valence-electron chi connectivity index (χ2n) is 7.76. The van der Waals surface area contributed by atoms with Gasteiger partial charge in [0.05, 0.1) is 0 Å². The fourth-order valence-electron chi connectivity index (χ4n) is 4.34. The van der Waals surface area contributed by atoms with Crippen LogP contribution in [0.1, 0.15) is 38.5 Å². The highest BCUT2D eigenvalue weighted by atomic mass is 32.2. The third kappa shape index (κ3) is 3.82. The molecular weight excluding hydrogens is 364 g/mol. The third-order valence-electron chi connectivity index (χ3n) is 6.01. The second-order valence-corrected chi connectivity index (χ2v) is 9.69. The lowest BCUT2D eigenvalue weighted by atomic mass is 9.95. The van der Waals surface area contributed by atoms with E-state index in [1.165, 1.54) is 6.20 Å². The number of carbonyl (C=O) groups excluding carboxylic acids is 1. The van der Waals surface area contributed by atoms with E-state index in [4.69, 9.17) is 0 Å². The zero-order valence-corrected chi connectivity index (χ0v) is 16.5. The van der Waals surface area contributed by atoms with Crippen molar-refractivity contribution in [2.75, 3.05) is 44.2 Å². The van der Waals surface area contributed by atoms with Crippen LogP contribution in [-0.4, -0.2) is 67.8 Å². The van der Waals surface area contributed by atoms with E-state index in [0.29, 0.717) is 19.0 Å². The van der Waals surface area contributed by atoms with Gasteiger partial charge in [-0.25, -0.2) is 13.4 Å². The number of pyridine rings is 1. The van der Waals surface area contributed by atoms with Gasteiger partial charge in [0.1, 0.15) is 10.7 Å². The van der Waals surface area contributed by atoms with Crippen molar-refractivity contribution < 1.29 is 13.2 Å². The molecule has 4 rings (SSSR count). The minimum atomic E-state index is -3.41. The Morgan fingerprint density at radius 3 is 2.15 bits per heavy atom. The summed E-state index contributed by atoms with van der Waals surface area (Å²) in [6.07, 6.45) is 7.26. The van der Waals surface area contributed by atoms with Crippen molar-refractivity contribution in [3.8, 4) is 0 Å². The number of hydrogen-bond acceptors (Lipinski definition) is 5. The van der Waals surface area contributed by atoms with Crippen LogP contribution >= 0.6 is 0 Å². The van der Waals surface area contributed by atoms with Gasteiger partial charge in [-0.05, 0) is 50.7 Å². The maximum absolute atomic E-state index is 12.6. The topological polar surface area (TPSA) is 73.8 Å². The predicted octanol–water partition coefficient (Wildman–Crippen LogP) is 1.70. The molecule has 3 aliphatic rings. The van der Waals surface area contributed by atoms with Gasteiger partial charge in [0.25, 0.3) is 0 Å². The Hall–Kier alpha value is -1.67. The first-order valence-corrected chi connectivity index (χ1v) is 11.5. The van der Waals surface area contributed by atoms with Crippen LogP contribution in [0, 0.1) is 5.92 Å². The van der Waals surface area contributed by atoms with E-state index in [2.05, 4.69) is 9.88 Å². The average Bonchev–Trinajstić information content (AvgIpc) is 3.42. The molecule has 0 radical (unpaired) electrons. The molecule has 1 aromatic rings. The summed E-state index contributed by atoms with van der Waals surface area (Å²) in [6, 6.07) is 3.46. The quantitative estimate of drug-likeness (QED) is 0.780. The summed E-state index contributed by atoms with van der Waals surface area (Å²) >= 11 is 0. The maximum Gasteiger partial charge on any atom is 0.244 e. The van der Waals surface area contributed by atoms with E-state index in [1.807, 2.05) is 4.90 Å². The summed E-state index contributed by atoms with van der Waals surface area (Å²) in [5, 5.41) is 0. The smallest absolute Gasteiger partial charge is 0.244 e. The first-order chi connectivity index (χ1) is 13.1. The van der Waals surface area contributed by atoms with Gasteiger partial charge in [-0.3, -0.25) is 4.79 Å². The number of likely N-dealkylation sites (tertiary alicyclic amines) is 1. The van der Waals surface area contributed by atoms with Crippen molar-refractivity contribution in [1.29, 1.82) is 0 Å². The summed E-state index contributed by atoms with van der Waals surface area (Å²) in [6.45, 7) is 4.59. The second kappa shape index (κ2) is 7.75. The number of anilines is 1. The number of nitrogens with zero attached hydrogens (tertiary/aromatic N) is 4. The minimum absolute atomic E-state index is 0.120. The largest absolute Gasteiger partial charge is 0.357 e. The Morgan fingerprint density at radius 2 is 1.56 bits per heavy atom. The number of aromatic nitrogens is 1. The molecule has 7 nitrogen and oxygen atoms in total. The molecule has 3 fully saturated rings. The minimum Gasteiger partial charge on any atom is -0.357 e. The molecule has 1 aromatic heterocycles. The number of piperidine rings is 1. The predicted molar refractivity (Wildman–Crippen MR) is 103 cm³/mol. The van der Waals surface area contributed by atoms with Gasteiger partial charge < -0.3 is 9.80 Å². The SMILES string of the molecule is O=C(C1CCN(c2ccc(S(=O)(=O)N3CCCC3)cn2)CC1)N1CCCC1. The summed E-state index contributed by atoms with van der Waals surface area (Å²) in [5.41, 5.74) is 0. The zero-order chi connectivity index (χ0) is 18.9. The fourth-order valence-corrected chi connectivity index (χ4v) is 5.80. The number of amides is 1. The normalized spacial score (nSPS) is 22.5. The van der Waals surface area contributed by atoms with Crippen LogP contribution < -0.4 is 4.90 Å². The molecule has 27 heavy (non-hydrogen) atoms. The van der Waals surface area contributed by atoms with Crippen LogP contribution in [0.25, 0.3) is 0 Å². The fraction of sp³-hybridized carbons (Fsp3) is 0.684. The molecule has 0 atom stereocenters. The van der Waals surface area contributed by atoms with Crippen molar-refractivity contribution >= 4 is 21.7 Å². The molecule has 0 N–H and O–H groups in total. The van der Waals surface area contributed by atoms with Crippen LogP contribution in [0.3, 0.4) is 0 Å². The summed E-state index contributed by atoms with van der Waals surface area (Å²) in [7, 11) is -3.41. The van der Waals surface area contributed by atoms with Crippen LogP contribution in [0.4, 0.5) is 5.82 Å². The standard InChI is InChI=1S/C19H28N4O3S/c24-19(22-9-1-2-10-22)16-7-13-21(14-8-16)18-6-5-17(15-20-18)27(25,26)23-11-3-4-12-23/h5-6,15-16H,1-4,7-14H2. The van der Waals surface area contributed by atoms with Crippen molar-refractivity contribution in [2.24, 2.45) is 5.92 Å². The van der Waals surface area contributed by atoms with Crippen molar-refractivity contribution in [3.63, 3.8) is 0 Å². The van der Waals surface area contributed by atoms with E-state index >= 15 is 0 Å². The van der Waals surface area contributed by atoms with Crippen LogP contribution in [0.5, 0.6) is 0 Å². The van der Waals surface area contributed by atoms with Crippen LogP contribution in [0.2, 0.25) is 0 Å². The molecular formula is C19H28N4O3S. The van der Waals surface area contributed by atoms with Crippen molar-refractivity contribution in [1.82, 2.24) is 14.2 Å². The van der Waals surface area contributed by atoms with Gasteiger partial charge in [0, 0.05) is 51.4 Å². The highest BCUT2D eigenvalue weighted by Crippen LogP contribution is 2.26. The Kier molecular flexibility index (Phi) is 5.36. The van der Waals surface area contributed by atoms with Gasteiger partial charge in [-0.2, -0.15) is 4.31 Å². The van der Waals surface area contributed by atoms with Gasteiger partial charge in [-0.1, -0.05) is 0 Å². The molecule has 148 valence electrons. The Bertz CT molecular complexity index is 761. The van der Waals surface area contributed by atoms with Gasteiger partial charge >= 0.3 is 0 Å². The number of rotatable bonds is 4. The number of carbonyl (C=O) groups is 1. The first-order valence-electron chi connectivity index (χ1n) is 10.1.